The van der Waals surface area contributed by atoms with Crippen LogP contribution in [-0.4, -0.2) is 16.0 Å². The number of anilines is 2. The minimum Gasteiger partial charge on any atom is -0.376 e. The Hall–Kier alpha value is -6.00. The topological polar surface area (TPSA) is 13.1 Å². The SMILES string of the molecule is CC1(C)CCC(C)(C)c2cc(N3B4c5cc6c(cc5-n5c7ccccc7c7c(-n8c9ccccc9c9ccccc98)cc(c4c75)-c4cc5c(cc43)C(C)(C)CCC5(C)C)C(C)(C)CCC6(C)C)ccc21. The molecule has 0 atom stereocenters. The van der Waals surface area contributed by atoms with Crippen molar-refractivity contribution in [3.8, 4) is 22.5 Å². The Balaban J connectivity index is 1.21. The van der Waals surface area contributed by atoms with E-state index in [1.54, 1.807) is 0 Å². The molecule has 0 saturated carbocycles. The minimum atomic E-state index is -0.0642. The van der Waals surface area contributed by atoms with E-state index in [1.807, 2.05) is 0 Å². The highest BCUT2D eigenvalue weighted by Gasteiger charge is 2.49. The van der Waals surface area contributed by atoms with Crippen LogP contribution >= 0.6 is 0 Å². The summed E-state index contributed by atoms with van der Waals surface area (Å²) < 4.78 is 5.35. The first-order valence-corrected chi connectivity index (χ1v) is 26.6. The quantitative estimate of drug-likeness (QED) is 0.158. The van der Waals surface area contributed by atoms with Crippen molar-refractivity contribution in [3.63, 3.8) is 0 Å². The first kappa shape index (κ1) is 42.8. The molecule has 4 heterocycles. The zero-order valence-electron chi connectivity index (χ0n) is 43.7. The predicted octanol–water partition coefficient (Wildman–Crippen LogP) is 16.2. The molecule has 0 amide bonds. The molecule has 3 nitrogen and oxygen atoms in total. The van der Waals surface area contributed by atoms with Crippen molar-refractivity contribution < 1.29 is 0 Å². The molecule has 0 bridgehead atoms. The lowest BCUT2D eigenvalue weighted by atomic mass is 9.43. The monoisotopic (exact) mass is 914 g/mol. The molecular weight excluding hydrogens is 846 g/mol. The third kappa shape index (κ3) is 5.49. The number of rotatable bonds is 2. The van der Waals surface area contributed by atoms with Gasteiger partial charge >= 0.3 is 6.85 Å². The van der Waals surface area contributed by atoms with Gasteiger partial charge in [-0.15, -0.1) is 0 Å². The number of hydrogen-bond acceptors (Lipinski definition) is 1. The van der Waals surface area contributed by atoms with Gasteiger partial charge in [0.1, 0.15) is 0 Å². The van der Waals surface area contributed by atoms with Crippen LogP contribution in [0.2, 0.25) is 0 Å². The third-order valence-electron chi connectivity index (χ3n) is 19.5. The summed E-state index contributed by atoms with van der Waals surface area (Å²) in [5.74, 6) is 0. The average Bonchev–Trinajstić information content (AvgIpc) is 3.86. The summed E-state index contributed by atoms with van der Waals surface area (Å²) in [6.07, 6.45) is 7.08. The highest BCUT2D eigenvalue weighted by molar-refractivity contribution is 6.93. The van der Waals surface area contributed by atoms with E-state index in [9.17, 15) is 0 Å². The summed E-state index contributed by atoms with van der Waals surface area (Å²) in [6, 6.07) is 48.7. The van der Waals surface area contributed by atoms with Crippen molar-refractivity contribution >= 4 is 72.8 Å². The van der Waals surface area contributed by atoms with Gasteiger partial charge in [0, 0.05) is 44.2 Å². The largest absolute Gasteiger partial charge is 0.376 e. The van der Waals surface area contributed by atoms with E-state index in [2.05, 4.69) is 218 Å². The van der Waals surface area contributed by atoms with E-state index < -0.39 is 0 Å². The smallest absolute Gasteiger partial charge is 0.333 e. The molecule has 0 saturated heterocycles. The summed E-state index contributed by atoms with van der Waals surface area (Å²) >= 11 is 0. The fourth-order valence-electron chi connectivity index (χ4n) is 14.9. The molecular formula is C66H68BN3. The van der Waals surface area contributed by atoms with Gasteiger partial charge in [-0.3, -0.25) is 0 Å². The van der Waals surface area contributed by atoms with Crippen molar-refractivity contribution in [1.82, 2.24) is 9.13 Å². The summed E-state index contributed by atoms with van der Waals surface area (Å²) in [6.45, 7) is 29.9. The summed E-state index contributed by atoms with van der Waals surface area (Å²) in [7, 11) is 0. The fourth-order valence-corrected chi connectivity index (χ4v) is 14.9. The van der Waals surface area contributed by atoms with Crippen LogP contribution in [0.15, 0.2) is 121 Å². The van der Waals surface area contributed by atoms with E-state index in [0.29, 0.717) is 0 Å². The Morgan fingerprint density at radius 1 is 0.371 bits per heavy atom. The van der Waals surface area contributed by atoms with E-state index in [-0.39, 0.29) is 39.3 Å². The van der Waals surface area contributed by atoms with Crippen molar-refractivity contribution in [3.05, 3.63) is 155 Å². The maximum atomic E-state index is 2.86. The Morgan fingerprint density at radius 2 is 0.814 bits per heavy atom. The van der Waals surface area contributed by atoms with Crippen LogP contribution in [0.1, 0.15) is 155 Å². The number of para-hydroxylation sites is 3. The van der Waals surface area contributed by atoms with Crippen molar-refractivity contribution in [1.29, 1.82) is 0 Å². The van der Waals surface area contributed by atoms with Crippen molar-refractivity contribution in [2.75, 3.05) is 4.81 Å². The highest BCUT2D eigenvalue weighted by Crippen LogP contribution is 2.56. The van der Waals surface area contributed by atoms with Crippen LogP contribution in [0.25, 0.3) is 66.1 Å². The van der Waals surface area contributed by atoms with E-state index in [1.165, 1.54) is 160 Å². The second-order valence-electron chi connectivity index (χ2n) is 26.5. The number of hydrogen-bond donors (Lipinski definition) is 0. The van der Waals surface area contributed by atoms with Gasteiger partial charge in [-0.25, -0.2) is 0 Å². The van der Waals surface area contributed by atoms with Gasteiger partial charge in [0.15, 0.2) is 0 Å². The average molecular weight is 914 g/mol. The Morgan fingerprint density at radius 3 is 1.37 bits per heavy atom. The maximum absolute atomic E-state index is 2.86. The minimum absolute atomic E-state index is 0.0390. The van der Waals surface area contributed by atoms with Gasteiger partial charge in [0.2, 0.25) is 0 Å². The summed E-state index contributed by atoms with van der Waals surface area (Å²) in [5.41, 5.74) is 25.4. The van der Waals surface area contributed by atoms with Crippen LogP contribution in [0.4, 0.5) is 11.4 Å². The molecule has 2 aliphatic heterocycles. The van der Waals surface area contributed by atoms with Gasteiger partial charge in [-0.1, -0.05) is 150 Å². The number of benzene rings is 7. The molecule has 14 rings (SSSR count). The number of nitrogens with zero attached hydrogens (tertiary/aromatic N) is 3. The third-order valence-corrected chi connectivity index (χ3v) is 19.5. The second-order valence-corrected chi connectivity index (χ2v) is 26.5. The van der Waals surface area contributed by atoms with E-state index in [4.69, 9.17) is 0 Å². The molecule has 5 aliphatic rings. The molecule has 0 unspecified atom stereocenters. The Kier molecular flexibility index (Phi) is 8.26. The first-order valence-electron chi connectivity index (χ1n) is 26.6. The van der Waals surface area contributed by atoms with E-state index in [0.717, 1.165) is 0 Å². The van der Waals surface area contributed by atoms with Crippen LogP contribution in [0.5, 0.6) is 0 Å². The van der Waals surface area contributed by atoms with E-state index >= 15 is 0 Å². The molecule has 2 aromatic heterocycles. The van der Waals surface area contributed by atoms with Crippen LogP contribution in [0.3, 0.4) is 0 Å². The molecule has 4 heteroatoms. The molecule has 70 heavy (non-hydrogen) atoms. The molecule has 0 radical (unpaired) electrons. The van der Waals surface area contributed by atoms with Crippen LogP contribution in [-0.2, 0) is 32.5 Å². The Labute approximate surface area is 416 Å². The van der Waals surface area contributed by atoms with Gasteiger partial charge in [-0.2, -0.15) is 0 Å². The van der Waals surface area contributed by atoms with Crippen molar-refractivity contribution in [2.24, 2.45) is 0 Å². The first-order chi connectivity index (χ1) is 33.2. The molecule has 3 aliphatic carbocycles. The molecule has 0 fully saturated rings. The van der Waals surface area contributed by atoms with Gasteiger partial charge in [0.05, 0.1) is 27.8 Å². The Bertz CT molecular complexity index is 3750. The number of fused-ring (bicyclic) bond motifs is 14. The molecule has 0 N–H and O–H groups in total. The predicted molar refractivity (Wildman–Crippen MR) is 300 cm³/mol. The lowest BCUT2D eigenvalue weighted by molar-refractivity contribution is 0.332. The maximum Gasteiger partial charge on any atom is 0.333 e. The molecule has 0 spiro atoms. The molecule has 350 valence electrons. The normalized spacial score (nSPS) is 20.3. The summed E-state index contributed by atoms with van der Waals surface area (Å²) in [4.78, 5) is 2.86. The van der Waals surface area contributed by atoms with Crippen LogP contribution < -0.4 is 15.7 Å². The lowest BCUT2D eigenvalue weighted by Crippen LogP contribution is -2.61. The van der Waals surface area contributed by atoms with Gasteiger partial charge < -0.3 is 13.9 Å². The molecule has 9 aromatic rings. The molecule has 7 aromatic carbocycles. The van der Waals surface area contributed by atoms with Crippen molar-refractivity contribution in [2.45, 2.75) is 154 Å². The summed E-state index contributed by atoms with van der Waals surface area (Å²) in [5, 5.41) is 5.24. The standard InChI is InChI=1S/C66H68BN3/c1-61(2)27-28-62(3,4)46-33-39(25-26-45(46)61)70-55-37-49-47(63(5,6)29-31-65(49,9)10)34-43(55)44-35-57(68-52-22-16-13-19-40(52)41-20-14-17-23-53(41)68)58-42-21-15-18-24-54(42)69-56-38-50-48(64(7,8)30-32-66(50,11)12)36-51(56)67(70)59(44)60(58)69/h13-26,33-38H,27-32H2,1-12H3. The number of aromatic nitrogens is 2. The zero-order valence-corrected chi connectivity index (χ0v) is 43.7. The zero-order chi connectivity index (χ0) is 48.4. The van der Waals surface area contributed by atoms with Crippen LogP contribution in [0, 0.1) is 0 Å². The van der Waals surface area contributed by atoms with Gasteiger partial charge in [-0.05, 0) is 175 Å². The highest BCUT2D eigenvalue weighted by atomic mass is 15.1. The van der Waals surface area contributed by atoms with Gasteiger partial charge in [0.25, 0.3) is 0 Å². The second kappa shape index (κ2) is 13.5. The fraction of sp³-hybridized carbons (Fsp3) is 0.364. The lowest BCUT2D eigenvalue weighted by Gasteiger charge is -2.48.